The number of aryl methyl sites for hydroxylation is 2. The van der Waals surface area contributed by atoms with Crippen LogP contribution >= 0.6 is 11.3 Å². The molecule has 2 aromatic rings. The first kappa shape index (κ1) is 15.1. The normalized spacial score (nSPS) is 11.3. The number of rotatable bonds is 5. The van der Waals surface area contributed by atoms with Gasteiger partial charge in [-0.1, -0.05) is 19.9 Å². The van der Waals surface area contributed by atoms with Crippen LogP contribution in [0.5, 0.6) is 0 Å². The number of thiazole rings is 1. The van der Waals surface area contributed by atoms with Gasteiger partial charge in [0.05, 0.1) is 5.69 Å². The van der Waals surface area contributed by atoms with Gasteiger partial charge >= 0.3 is 0 Å². The summed E-state index contributed by atoms with van der Waals surface area (Å²) >= 11 is 1.65. The Balaban J connectivity index is 2.20. The van der Waals surface area contributed by atoms with Crippen molar-refractivity contribution < 1.29 is 4.39 Å². The molecule has 2 nitrogen and oxygen atoms in total. The summed E-state index contributed by atoms with van der Waals surface area (Å²) in [5.41, 5.74) is 2.99. The van der Waals surface area contributed by atoms with E-state index in [1.807, 2.05) is 13.8 Å². The number of halogens is 1. The van der Waals surface area contributed by atoms with E-state index in [4.69, 9.17) is 0 Å². The standard InChI is InChI=1S/C16H21FN2S/c1-10(2)8-18-9-15-12(4)19-16(20-15)14-7-13(17)6-5-11(14)3/h5-7,10,18H,8-9H2,1-4H3. The molecule has 1 heterocycles. The van der Waals surface area contributed by atoms with Crippen LogP contribution in [0, 0.1) is 25.6 Å². The van der Waals surface area contributed by atoms with Gasteiger partial charge in [-0.2, -0.15) is 0 Å². The fourth-order valence-corrected chi connectivity index (χ4v) is 3.12. The van der Waals surface area contributed by atoms with Crippen molar-refractivity contribution in [2.45, 2.75) is 34.2 Å². The molecular weight excluding hydrogens is 271 g/mol. The Morgan fingerprint density at radius 3 is 2.75 bits per heavy atom. The van der Waals surface area contributed by atoms with Gasteiger partial charge in [-0.05, 0) is 44.0 Å². The van der Waals surface area contributed by atoms with Crippen LogP contribution in [-0.2, 0) is 6.54 Å². The third kappa shape index (κ3) is 3.64. The SMILES string of the molecule is Cc1ccc(F)cc1-c1nc(C)c(CNCC(C)C)s1. The smallest absolute Gasteiger partial charge is 0.124 e. The second kappa shape index (κ2) is 6.46. The summed E-state index contributed by atoms with van der Waals surface area (Å²) in [5, 5.41) is 4.33. The molecule has 20 heavy (non-hydrogen) atoms. The average molecular weight is 292 g/mol. The Labute approximate surface area is 124 Å². The number of benzene rings is 1. The van der Waals surface area contributed by atoms with E-state index in [9.17, 15) is 4.39 Å². The number of nitrogens with one attached hydrogen (secondary N) is 1. The van der Waals surface area contributed by atoms with Crippen LogP contribution < -0.4 is 5.32 Å². The molecule has 0 unspecified atom stereocenters. The molecule has 4 heteroatoms. The van der Waals surface area contributed by atoms with E-state index >= 15 is 0 Å². The molecule has 0 atom stereocenters. The van der Waals surface area contributed by atoms with Gasteiger partial charge < -0.3 is 5.32 Å². The summed E-state index contributed by atoms with van der Waals surface area (Å²) in [4.78, 5) is 5.82. The first-order valence-electron chi connectivity index (χ1n) is 6.91. The van der Waals surface area contributed by atoms with Gasteiger partial charge in [0.1, 0.15) is 10.8 Å². The van der Waals surface area contributed by atoms with Gasteiger partial charge in [0, 0.05) is 17.0 Å². The molecule has 0 amide bonds. The minimum Gasteiger partial charge on any atom is -0.312 e. The minimum absolute atomic E-state index is 0.210. The van der Waals surface area contributed by atoms with Crippen LogP contribution in [0.2, 0.25) is 0 Å². The maximum atomic E-state index is 13.4. The van der Waals surface area contributed by atoms with Crippen molar-refractivity contribution in [2.24, 2.45) is 5.92 Å². The Morgan fingerprint density at radius 1 is 1.30 bits per heavy atom. The molecule has 0 aliphatic carbocycles. The van der Waals surface area contributed by atoms with Gasteiger partial charge in [0.2, 0.25) is 0 Å². The Hall–Kier alpha value is -1.26. The van der Waals surface area contributed by atoms with E-state index in [1.165, 1.54) is 10.9 Å². The summed E-state index contributed by atoms with van der Waals surface area (Å²) < 4.78 is 13.4. The molecule has 2 rings (SSSR count). The van der Waals surface area contributed by atoms with Crippen LogP contribution in [0.3, 0.4) is 0 Å². The summed E-state index contributed by atoms with van der Waals surface area (Å²) in [6.45, 7) is 10.2. The second-order valence-electron chi connectivity index (χ2n) is 5.51. The first-order chi connectivity index (χ1) is 9.47. The Morgan fingerprint density at radius 2 is 2.05 bits per heavy atom. The first-order valence-corrected chi connectivity index (χ1v) is 7.72. The minimum atomic E-state index is -0.210. The fourth-order valence-electron chi connectivity index (χ4n) is 2.01. The molecule has 0 aliphatic heterocycles. The van der Waals surface area contributed by atoms with Gasteiger partial charge in [0.25, 0.3) is 0 Å². The van der Waals surface area contributed by atoms with E-state index in [2.05, 4.69) is 24.1 Å². The monoisotopic (exact) mass is 292 g/mol. The van der Waals surface area contributed by atoms with E-state index in [0.717, 1.165) is 34.9 Å². The van der Waals surface area contributed by atoms with E-state index in [1.54, 1.807) is 23.5 Å². The fraction of sp³-hybridized carbons (Fsp3) is 0.438. The molecule has 0 fully saturated rings. The number of aromatic nitrogens is 1. The van der Waals surface area contributed by atoms with Crippen LogP contribution in [-0.4, -0.2) is 11.5 Å². The molecule has 0 saturated carbocycles. The third-order valence-corrected chi connectivity index (χ3v) is 4.35. The maximum absolute atomic E-state index is 13.4. The molecule has 0 aliphatic rings. The van der Waals surface area contributed by atoms with Crippen molar-refractivity contribution in [3.8, 4) is 10.6 Å². The zero-order chi connectivity index (χ0) is 14.7. The van der Waals surface area contributed by atoms with Crippen LogP contribution in [0.15, 0.2) is 18.2 Å². The zero-order valence-electron chi connectivity index (χ0n) is 12.5. The predicted molar refractivity (Wildman–Crippen MR) is 83.5 cm³/mol. The highest BCUT2D eigenvalue weighted by Gasteiger charge is 2.12. The van der Waals surface area contributed by atoms with E-state index in [-0.39, 0.29) is 5.82 Å². The highest BCUT2D eigenvalue weighted by Crippen LogP contribution is 2.30. The molecule has 0 saturated heterocycles. The highest BCUT2D eigenvalue weighted by molar-refractivity contribution is 7.15. The van der Waals surface area contributed by atoms with Gasteiger partial charge in [0.15, 0.2) is 0 Å². The van der Waals surface area contributed by atoms with Gasteiger partial charge in [-0.3, -0.25) is 0 Å². The van der Waals surface area contributed by atoms with Crippen molar-refractivity contribution >= 4 is 11.3 Å². The van der Waals surface area contributed by atoms with Gasteiger partial charge in [-0.25, -0.2) is 9.37 Å². The molecule has 1 aromatic carbocycles. The van der Waals surface area contributed by atoms with Crippen molar-refractivity contribution in [3.63, 3.8) is 0 Å². The topological polar surface area (TPSA) is 24.9 Å². The van der Waals surface area contributed by atoms with E-state index < -0.39 is 0 Å². The average Bonchev–Trinajstić information content (AvgIpc) is 2.73. The van der Waals surface area contributed by atoms with Crippen LogP contribution in [0.4, 0.5) is 4.39 Å². The van der Waals surface area contributed by atoms with Crippen molar-refractivity contribution in [1.29, 1.82) is 0 Å². The summed E-state index contributed by atoms with van der Waals surface area (Å²) in [7, 11) is 0. The molecular formula is C16H21FN2S. The summed E-state index contributed by atoms with van der Waals surface area (Å²) in [5.74, 6) is 0.422. The molecule has 108 valence electrons. The molecule has 0 spiro atoms. The van der Waals surface area contributed by atoms with Gasteiger partial charge in [-0.15, -0.1) is 11.3 Å². The quantitative estimate of drug-likeness (QED) is 0.888. The lowest BCUT2D eigenvalue weighted by Gasteiger charge is -2.05. The number of hydrogen-bond donors (Lipinski definition) is 1. The van der Waals surface area contributed by atoms with Crippen LogP contribution in [0.1, 0.15) is 30.0 Å². The van der Waals surface area contributed by atoms with Crippen molar-refractivity contribution in [3.05, 3.63) is 40.2 Å². The zero-order valence-corrected chi connectivity index (χ0v) is 13.3. The Kier molecular flexibility index (Phi) is 4.89. The molecule has 0 bridgehead atoms. The molecule has 0 radical (unpaired) electrons. The van der Waals surface area contributed by atoms with E-state index in [0.29, 0.717) is 5.92 Å². The number of hydrogen-bond acceptors (Lipinski definition) is 3. The lowest BCUT2D eigenvalue weighted by Crippen LogP contribution is -2.18. The Bertz CT molecular complexity index is 590. The summed E-state index contributed by atoms with van der Waals surface area (Å²) in [6.07, 6.45) is 0. The second-order valence-corrected chi connectivity index (χ2v) is 6.60. The lowest BCUT2D eigenvalue weighted by molar-refractivity contribution is 0.554. The van der Waals surface area contributed by atoms with Crippen LogP contribution in [0.25, 0.3) is 10.6 Å². The number of nitrogens with zero attached hydrogens (tertiary/aromatic N) is 1. The van der Waals surface area contributed by atoms with Crippen molar-refractivity contribution in [2.75, 3.05) is 6.54 Å². The van der Waals surface area contributed by atoms with Crippen molar-refractivity contribution in [1.82, 2.24) is 10.3 Å². The largest absolute Gasteiger partial charge is 0.312 e. The summed E-state index contributed by atoms with van der Waals surface area (Å²) in [6, 6.07) is 4.86. The third-order valence-electron chi connectivity index (χ3n) is 3.16. The highest BCUT2D eigenvalue weighted by atomic mass is 32.1. The maximum Gasteiger partial charge on any atom is 0.124 e. The lowest BCUT2D eigenvalue weighted by atomic mass is 10.1. The molecule has 1 N–H and O–H groups in total. The predicted octanol–water partition coefficient (Wildman–Crippen LogP) is 4.31. The molecule has 1 aromatic heterocycles.